The van der Waals surface area contributed by atoms with E-state index in [1.807, 2.05) is 25.3 Å². The van der Waals surface area contributed by atoms with Crippen molar-refractivity contribution < 1.29 is 23.8 Å². The summed E-state index contributed by atoms with van der Waals surface area (Å²) in [5, 5.41) is 2.04. The standard InChI is InChI=1S/C20H23NO5S/c1-3-24-16-6-5-14(11-17(16)25-4-2)20(23)26-13-19(22)21-9-7-18-15(12-21)8-10-27-18/h5-6,8,10-11H,3-4,7,9,12-13H2,1-2H3. The number of carbonyl (C=O) groups is 2. The average Bonchev–Trinajstić information content (AvgIpc) is 3.15. The molecule has 1 aromatic heterocycles. The van der Waals surface area contributed by atoms with Crippen LogP contribution in [0, 0.1) is 0 Å². The van der Waals surface area contributed by atoms with Gasteiger partial charge in [-0.3, -0.25) is 4.79 Å². The maximum absolute atomic E-state index is 12.4. The Bertz CT molecular complexity index is 816. The highest BCUT2D eigenvalue weighted by atomic mass is 32.1. The number of hydrogen-bond acceptors (Lipinski definition) is 6. The molecule has 2 aromatic rings. The summed E-state index contributed by atoms with van der Waals surface area (Å²) in [5.41, 5.74) is 1.51. The third-order valence-electron chi connectivity index (χ3n) is 4.27. The minimum Gasteiger partial charge on any atom is -0.490 e. The van der Waals surface area contributed by atoms with Gasteiger partial charge in [0.15, 0.2) is 18.1 Å². The molecule has 0 unspecified atom stereocenters. The van der Waals surface area contributed by atoms with Gasteiger partial charge in [-0.25, -0.2) is 4.79 Å². The van der Waals surface area contributed by atoms with E-state index in [2.05, 4.69) is 0 Å². The van der Waals surface area contributed by atoms with Gasteiger partial charge in [0.2, 0.25) is 0 Å². The molecule has 0 aliphatic carbocycles. The lowest BCUT2D eigenvalue weighted by atomic mass is 10.1. The molecule has 0 N–H and O–H groups in total. The van der Waals surface area contributed by atoms with Gasteiger partial charge in [0.1, 0.15) is 0 Å². The Labute approximate surface area is 162 Å². The molecule has 0 bridgehead atoms. The summed E-state index contributed by atoms with van der Waals surface area (Å²) in [6.07, 6.45) is 0.850. The van der Waals surface area contributed by atoms with Crippen LogP contribution in [0.15, 0.2) is 29.6 Å². The van der Waals surface area contributed by atoms with Crippen LogP contribution in [-0.2, 0) is 22.5 Å². The topological polar surface area (TPSA) is 65.1 Å². The van der Waals surface area contributed by atoms with E-state index in [1.165, 1.54) is 10.4 Å². The molecule has 0 spiro atoms. The smallest absolute Gasteiger partial charge is 0.338 e. The predicted octanol–water partition coefficient (Wildman–Crippen LogP) is 3.29. The molecule has 27 heavy (non-hydrogen) atoms. The molecular weight excluding hydrogens is 366 g/mol. The molecule has 7 heteroatoms. The summed E-state index contributed by atoms with van der Waals surface area (Å²) in [4.78, 5) is 27.8. The number of esters is 1. The van der Waals surface area contributed by atoms with Crippen LogP contribution < -0.4 is 9.47 Å². The average molecular weight is 389 g/mol. The Hall–Kier alpha value is -2.54. The number of carbonyl (C=O) groups excluding carboxylic acids is 2. The molecule has 1 aliphatic heterocycles. The Morgan fingerprint density at radius 3 is 2.67 bits per heavy atom. The van der Waals surface area contributed by atoms with Gasteiger partial charge in [0.25, 0.3) is 5.91 Å². The SMILES string of the molecule is CCOc1ccc(C(=O)OCC(=O)N2CCc3sccc3C2)cc1OCC. The molecule has 0 fully saturated rings. The van der Waals surface area contributed by atoms with Crippen LogP contribution in [0.5, 0.6) is 11.5 Å². The van der Waals surface area contributed by atoms with Gasteiger partial charge in [0, 0.05) is 18.0 Å². The lowest BCUT2D eigenvalue weighted by Crippen LogP contribution is -2.38. The number of hydrogen-bond donors (Lipinski definition) is 0. The molecule has 0 atom stereocenters. The highest BCUT2D eigenvalue weighted by Crippen LogP contribution is 2.29. The van der Waals surface area contributed by atoms with Crippen LogP contribution >= 0.6 is 11.3 Å². The van der Waals surface area contributed by atoms with E-state index in [4.69, 9.17) is 14.2 Å². The van der Waals surface area contributed by atoms with Crippen molar-refractivity contribution in [1.82, 2.24) is 4.90 Å². The maximum Gasteiger partial charge on any atom is 0.338 e. The second-order valence-electron chi connectivity index (χ2n) is 6.04. The van der Waals surface area contributed by atoms with E-state index in [0.717, 1.165) is 6.42 Å². The van der Waals surface area contributed by atoms with Crippen molar-refractivity contribution in [3.63, 3.8) is 0 Å². The number of nitrogens with zero attached hydrogens (tertiary/aromatic N) is 1. The normalized spacial score (nSPS) is 13.0. The molecule has 0 radical (unpaired) electrons. The first-order valence-electron chi connectivity index (χ1n) is 9.02. The molecule has 1 aliphatic rings. The summed E-state index contributed by atoms with van der Waals surface area (Å²) in [6.45, 7) is 5.65. The van der Waals surface area contributed by atoms with E-state index in [1.54, 1.807) is 34.4 Å². The number of fused-ring (bicyclic) bond motifs is 1. The second-order valence-corrected chi connectivity index (χ2v) is 7.04. The van der Waals surface area contributed by atoms with Gasteiger partial charge >= 0.3 is 5.97 Å². The quantitative estimate of drug-likeness (QED) is 0.680. The molecule has 0 saturated carbocycles. The van der Waals surface area contributed by atoms with Gasteiger partial charge in [0.05, 0.1) is 18.8 Å². The minimum absolute atomic E-state index is 0.184. The lowest BCUT2D eigenvalue weighted by Gasteiger charge is -2.26. The molecular formula is C20H23NO5S. The van der Waals surface area contributed by atoms with E-state index in [-0.39, 0.29) is 12.5 Å². The van der Waals surface area contributed by atoms with E-state index < -0.39 is 5.97 Å². The van der Waals surface area contributed by atoms with Crippen LogP contribution in [0.1, 0.15) is 34.6 Å². The van der Waals surface area contributed by atoms with Crippen LogP contribution in [0.3, 0.4) is 0 Å². The first-order valence-corrected chi connectivity index (χ1v) is 9.90. The fourth-order valence-electron chi connectivity index (χ4n) is 2.94. The van der Waals surface area contributed by atoms with Gasteiger partial charge < -0.3 is 19.1 Å². The fraction of sp³-hybridized carbons (Fsp3) is 0.400. The fourth-order valence-corrected chi connectivity index (χ4v) is 3.83. The molecule has 2 heterocycles. The first-order chi connectivity index (χ1) is 13.1. The summed E-state index contributed by atoms with van der Waals surface area (Å²) in [5.74, 6) is 0.324. The molecule has 3 rings (SSSR count). The lowest BCUT2D eigenvalue weighted by molar-refractivity contribution is -0.135. The first kappa shape index (κ1) is 19.2. The largest absolute Gasteiger partial charge is 0.490 e. The van der Waals surface area contributed by atoms with Crippen molar-refractivity contribution in [3.05, 3.63) is 45.6 Å². The molecule has 1 aromatic carbocycles. The van der Waals surface area contributed by atoms with Gasteiger partial charge in [-0.15, -0.1) is 11.3 Å². The predicted molar refractivity (Wildman–Crippen MR) is 103 cm³/mol. The van der Waals surface area contributed by atoms with Gasteiger partial charge in [-0.1, -0.05) is 0 Å². The van der Waals surface area contributed by atoms with Crippen molar-refractivity contribution in [1.29, 1.82) is 0 Å². The Morgan fingerprint density at radius 1 is 1.11 bits per heavy atom. The Morgan fingerprint density at radius 2 is 1.89 bits per heavy atom. The Kier molecular flexibility index (Phi) is 6.34. The number of benzene rings is 1. The van der Waals surface area contributed by atoms with Crippen molar-refractivity contribution in [3.8, 4) is 11.5 Å². The monoisotopic (exact) mass is 389 g/mol. The number of ether oxygens (including phenoxy) is 3. The van der Waals surface area contributed by atoms with Crippen molar-refractivity contribution in [2.45, 2.75) is 26.8 Å². The molecule has 1 amide bonds. The third kappa shape index (κ3) is 4.60. The highest BCUT2D eigenvalue weighted by molar-refractivity contribution is 7.10. The summed E-state index contributed by atoms with van der Waals surface area (Å²) < 4.78 is 16.2. The Balaban J connectivity index is 1.59. The van der Waals surface area contributed by atoms with Crippen molar-refractivity contribution in [2.75, 3.05) is 26.4 Å². The number of amides is 1. The third-order valence-corrected chi connectivity index (χ3v) is 5.29. The van der Waals surface area contributed by atoms with E-state index in [0.29, 0.717) is 43.4 Å². The number of rotatable bonds is 7. The van der Waals surface area contributed by atoms with Crippen LogP contribution in [0.4, 0.5) is 0 Å². The molecule has 144 valence electrons. The second kappa shape index (κ2) is 8.90. The van der Waals surface area contributed by atoms with Gasteiger partial charge in [-0.2, -0.15) is 0 Å². The summed E-state index contributed by atoms with van der Waals surface area (Å²) in [6, 6.07) is 6.91. The van der Waals surface area contributed by atoms with Gasteiger partial charge in [-0.05, 0) is 55.5 Å². The van der Waals surface area contributed by atoms with Crippen molar-refractivity contribution >= 4 is 23.2 Å². The van der Waals surface area contributed by atoms with Crippen LogP contribution in [0.25, 0.3) is 0 Å². The zero-order chi connectivity index (χ0) is 19.2. The minimum atomic E-state index is -0.555. The summed E-state index contributed by atoms with van der Waals surface area (Å²) >= 11 is 1.72. The van der Waals surface area contributed by atoms with E-state index in [9.17, 15) is 9.59 Å². The van der Waals surface area contributed by atoms with Crippen LogP contribution in [-0.4, -0.2) is 43.1 Å². The maximum atomic E-state index is 12.4. The highest BCUT2D eigenvalue weighted by Gasteiger charge is 2.23. The zero-order valence-corrected chi connectivity index (χ0v) is 16.3. The summed E-state index contributed by atoms with van der Waals surface area (Å²) in [7, 11) is 0. The molecule has 0 saturated heterocycles. The molecule has 6 nitrogen and oxygen atoms in total. The number of thiophene rings is 1. The van der Waals surface area contributed by atoms with Crippen LogP contribution in [0.2, 0.25) is 0 Å². The van der Waals surface area contributed by atoms with Crippen molar-refractivity contribution in [2.24, 2.45) is 0 Å². The van der Waals surface area contributed by atoms with E-state index >= 15 is 0 Å². The zero-order valence-electron chi connectivity index (χ0n) is 15.5.